The number of carbonyl (C=O) groups excluding carboxylic acids is 2. The zero-order valence-corrected chi connectivity index (χ0v) is 12.6. The van der Waals surface area contributed by atoms with Crippen LogP contribution in [0.25, 0.3) is 0 Å². The molecule has 0 atom stereocenters. The molecule has 3 rings (SSSR count). The van der Waals surface area contributed by atoms with Gasteiger partial charge in [-0.15, -0.1) is 0 Å². The molecule has 1 aromatic heterocycles. The van der Waals surface area contributed by atoms with E-state index in [-0.39, 0.29) is 30.9 Å². The van der Waals surface area contributed by atoms with Gasteiger partial charge in [-0.25, -0.2) is 0 Å². The summed E-state index contributed by atoms with van der Waals surface area (Å²) in [4.78, 5) is 23.8. The molecule has 120 valence electrons. The SMILES string of the molecule is O=C(CCNC(=O)c1n[nH]nc1C1CC1)OC1CCCCC1. The van der Waals surface area contributed by atoms with Crippen LogP contribution in [0.2, 0.25) is 0 Å². The van der Waals surface area contributed by atoms with Gasteiger partial charge in [-0.2, -0.15) is 15.4 Å². The Morgan fingerprint density at radius 2 is 1.91 bits per heavy atom. The Kier molecular flexibility index (Phi) is 4.70. The predicted molar refractivity (Wildman–Crippen MR) is 78.3 cm³/mol. The molecule has 2 saturated carbocycles. The van der Waals surface area contributed by atoms with E-state index in [0.717, 1.165) is 44.2 Å². The first-order valence-electron chi connectivity index (χ1n) is 8.12. The van der Waals surface area contributed by atoms with Crippen LogP contribution in [0.1, 0.15) is 73.5 Å². The number of rotatable bonds is 6. The highest BCUT2D eigenvalue weighted by molar-refractivity contribution is 5.93. The van der Waals surface area contributed by atoms with Crippen molar-refractivity contribution in [3.8, 4) is 0 Å². The molecule has 0 aliphatic heterocycles. The number of hydrogen-bond acceptors (Lipinski definition) is 5. The largest absolute Gasteiger partial charge is 0.462 e. The molecule has 1 heterocycles. The van der Waals surface area contributed by atoms with Crippen LogP contribution >= 0.6 is 0 Å². The third kappa shape index (κ3) is 3.84. The summed E-state index contributed by atoms with van der Waals surface area (Å²) in [6.07, 6.45) is 7.78. The summed E-state index contributed by atoms with van der Waals surface area (Å²) in [6, 6.07) is 0. The third-order valence-electron chi connectivity index (χ3n) is 4.22. The minimum absolute atomic E-state index is 0.0639. The Morgan fingerprint density at radius 3 is 2.64 bits per heavy atom. The maximum atomic E-state index is 12.0. The summed E-state index contributed by atoms with van der Waals surface area (Å²) in [6.45, 7) is 0.265. The summed E-state index contributed by atoms with van der Waals surface area (Å²) < 4.78 is 5.41. The lowest BCUT2D eigenvalue weighted by molar-refractivity contribution is -0.150. The molecule has 0 spiro atoms. The van der Waals surface area contributed by atoms with E-state index in [1.807, 2.05) is 0 Å². The zero-order valence-electron chi connectivity index (χ0n) is 12.6. The molecule has 0 radical (unpaired) electrons. The molecule has 22 heavy (non-hydrogen) atoms. The number of ether oxygens (including phenoxy) is 1. The number of amides is 1. The van der Waals surface area contributed by atoms with Gasteiger partial charge in [0.25, 0.3) is 5.91 Å². The predicted octanol–water partition coefficient (Wildman–Crippen LogP) is 1.68. The van der Waals surface area contributed by atoms with Crippen LogP contribution in [0.3, 0.4) is 0 Å². The van der Waals surface area contributed by atoms with Crippen LogP contribution < -0.4 is 5.32 Å². The second-order valence-electron chi connectivity index (χ2n) is 6.09. The monoisotopic (exact) mass is 306 g/mol. The van der Waals surface area contributed by atoms with Gasteiger partial charge in [0, 0.05) is 12.5 Å². The van der Waals surface area contributed by atoms with Crippen LogP contribution in [0.15, 0.2) is 0 Å². The van der Waals surface area contributed by atoms with Crippen molar-refractivity contribution in [3.63, 3.8) is 0 Å². The van der Waals surface area contributed by atoms with Crippen LogP contribution in [-0.4, -0.2) is 39.9 Å². The molecule has 2 aliphatic carbocycles. The molecule has 0 saturated heterocycles. The lowest BCUT2D eigenvalue weighted by Crippen LogP contribution is -2.29. The average Bonchev–Trinajstić information content (AvgIpc) is 3.25. The van der Waals surface area contributed by atoms with Crippen molar-refractivity contribution in [2.75, 3.05) is 6.54 Å². The summed E-state index contributed by atoms with van der Waals surface area (Å²) in [5.41, 5.74) is 1.09. The van der Waals surface area contributed by atoms with Crippen LogP contribution in [0, 0.1) is 0 Å². The molecule has 2 aliphatic rings. The smallest absolute Gasteiger partial charge is 0.307 e. The number of nitrogens with zero attached hydrogens (tertiary/aromatic N) is 2. The number of H-pyrrole nitrogens is 1. The Bertz CT molecular complexity index is 533. The summed E-state index contributed by atoms with van der Waals surface area (Å²) in [5.74, 6) is -0.161. The maximum Gasteiger partial charge on any atom is 0.307 e. The van der Waals surface area contributed by atoms with Crippen LogP contribution in [0.5, 0.6) is 0 Å². The number of carbonyl (C=O) groups is 2. The highest BCUT2D eigenvalue weighted by Gasteiger charge is 2.31. The molecule has 2 N–H and O–H groups in total. The summed E-state index contributed by atoms with van der Waals surface area (Å²) in [7, 11) is 0. The highest BCUT2D eigenvalue weighted by Crippen LogP contribution is 2.39. The van der Waals surface area contributed by atoms with Crippen molar-refractivity contribution in [1.29, 1.82) is 0 Å². The first kappa shape index (κ1) is 15.0. The Labute approximate surface area is 129 Å². The highest BCUT2D eigenvalue weighted by atomic mass is 16.5. The normalized spacial score (nSPS) is 18.9. The van der Waals surface area contributed by atoms with Crippen molar-refractivity contribution in [2.45, 2.75) is 63.4 Å². The molecule has 7 heteroatoms. The van der Waals surface area contributed by atoms with Gasteiger partial charge in [0.1, 0.15) is 6.10 Å². The fourth-order valence-corrected chi connectivity index (χ4v) is 2.84. The summed E-state index contributed by atoms with van der Waals surface area (Å²) in [5, 5.41) is 13.2. The molecule has 0 bridgehead atoms. The van der Waals surface area contributed by atoms with Gasteiger partial charge >= 0.3 is 5.97 Å². The minimum atomic E-state index is -0.277. The molecule has 2 fully saturated rings. The van der Waals surface area contributed by atoms with Crippen molar-refractivity contribution < 1.29 is 14.3 Å². The van der Waals surface area contributed by atoms with E-state index in [1.54, 1.807) is 0 Å². The Balaban J connectivity index is 1.39. The molecular weight excluding hydrogens is 284 g/mol. The first-order chi connectivity index (χ1) is 10.7. The van der Waals surface area contributed by atoms with Gasteiger partial charge in [0.15, 0.2) is 5.69 Å². The quantitative estimate of drug-likeness (QED) is 0.779. The topological polar surface area (TPSA) is 97.0 Å². The number of aromatic amines is 1. The maximum absolute atomic E-state index is 12.0. The van der Waals surface area contributed by atoms with E-state index >= 15 is 0 Å². The fourth-order valence-electron chi connectivity index (χ4n) is 2.84. The molecule has 0 unspecified atom stereocenters. The number of hydrogen-bond donors (Lipinski definition) is 2. The second kappa shape index (κ2) is 6.89. The van der Waals surface area contributed by atoms with E-state index in [9.17, 15) is 9.59 Å². The number of esters is 1. The van der Waals surface area contributed by atoms with Gasteiger partial charge < -0.3 is 10.1 Å². The lowest BCUT2D eigenvalue weighted by atomic mass is 9.98. The van der Waals surface area contributed by atoms with Crippen molar-refractivity contribution in [1.82, 2.24) is 20.7 Å². The number of aromatic nitrogens is 3. The van der Waals surface area contributed by atoms with E-state index in [4.69, 9.17) is 4.74 Å². The molecule has 1 aromatic rings. The zero-order chi connectivity index (χ0) is 15.4. The average molecular weight is 306 g/mol. The van der Waals surface area contributed by atoms with Crippen molar-refractivity contribution in [3.05, 3.63) is 11.4 Å². The Hall–Kier alpha value is -1.92. The first-order valence-corrected chi connectivity index (χ1v) is 8.12. The van der Waals surface area contributed by atoms with E-state index in [0.29, 0.717) is 11.6 Å². The van der Waals surface area contributed by atoms with Gasteiger partial charge in [-0.1, -0.05) is 6.42 Å². The van der Waals surface area contributed by atoms with Crippen LogP contribution in [0.4, 0.5) is 0 Å². The second-order valence-corrected chi connectivity index (χ2v) is 6.09. The van der Waals surface area contributed by atoms with Gasteiger partial charge in [0.2, 0.25) is 0 Å². The molecular formula is C15H22N4O3. The van der Waals surface area contributed by atoms with Crippen molar-refractivity contribution in [2.24, 2.45) is 0 Å². The lowest BCUT2D eigenvalue weighted by Gasteiger charge is -2.21. The summed E-state index contributed by atoms with van der Waals surface area (Å²) >= 11 is 0. The standard InChI is InChI=1S/C15H22N4O3/c20-12(22-11-4-2-1-3-5-11)8-9-16-15(21)14-13(10-6-7-10)17-19-18-14/h10-11H,1-9H2,(H,16,21)(H,17,18,19). The Morgan fingerprint density at radius 1 is 1.14 bits per heavy atom. The van der Waals surface area contributed by atoms with Gasteiger partial charge in [-0.05, 0) is 38.5 Å². The van der Waals surface area contributed by atoms with Gasteiger partial charge in [0.05, 0.1) is 12.1 Å². The number of nitrogens with one attached hydrogen (secondary N) is 2. The van der Waals surface area contributed by atoms with E-state index in [2.05, 4.69) is 20.7 Å². The molecule has 1 amide bonds. The van der Waals surface area contributed by atoms with E-state index in [1.165, 1.54) is 6.42 Å². The van der Waals surface area contributed by atoms with E-state index < -0.39 is 0 Å². The third-order valence-corrected chi connectivity index (χ3v) is 4.22. The van der Waals surface area contributed by atoms with Crippen LogP contribution in [-0.2, 0) is 9.53 Å². The fraction of sp³-hybridized carbons (Fsp3) is 0.733. The minimum Gasteiger partial charge on any atom is -0.462 e. The van der Waals surface area contributed by atoms with Crippen molar-refractivity contribution >= 4 is 11.9 Å². The molecule has 0 aromatic carbocycles. The molecule has 7 nitrogen and oxygen atoms in total. The van der Waals surface area contributed by atoms with Gasteiger partial charge in [-0.3, -0.25) is 9.59 Å².